The maximum absolute atomic E-state index is 12.8. The topological polar surface area (TPSA) is 74.8 Å². The lowest BCUT2D eigenvalue weighted by Crippen LogP contribution is -2.15. The van der Waals surface area contributed by atoms with Crippen molar-refractivity contribution >= 4 is 33.4 Å². The molecule has 0 unspecified atom stereocenters. The van der Waals surface area contributed by atoms with E-state index < -0.39 is 0 Å². The van der Waals surface area contributed by atoms with Crippen LogP contribution in [0.5, 0.6) is 0 Å². The Morgan fingerprint density at radius 2 is 1.47 bits per heavy atom. The summed E-state index contributed by atoms with van der Waals surface area (Å²) < 4.78 is 0. The van der Waals surface area contributed by atoms with Crippen molar-refractivity contribution in [1.82, 2.24) is 9.97 Å². The molecule has 5 heteroatoms. The number of carbonyl (C=O) groups excluding carboxylic acids is 1. The van der Waals surface area contributed by atoms with Crippen LogP contribution >= 0.6 is 0 Å². The summed E-state index contributed by atoms with van der Waals surface area (Å²) in [5.41, 5.74) is 2.96. The van der Waals surface area contributed by atoms with Crippen LogP contribution in [0, 0.1) is 0 Å². The molecule has 0 atom stereocenters. The number of rotatable bonds is 3. The van der Waals surface area contributed by atoms with Gasteiger partial charge in [0.05, 0.1) is 16.7 Å². The van der Waals surface area contributed by atoms with Crippen LogP contribution in [-0.4, -0.2) is 15.9 Å². The molecule has 30 heavy (non-hydrogen) atoms. The fourth-order valence-electron chi connectivity index (χ4n) is 3.54. The minimum Gasteiger partial charge on any atom is -0.321 e. The average Bonchev–Trinajstić information content (AvgIpc) is 2.78. The van der Waals surface area contributed by atoms with Crippen molar-refractivity contribution in [2.75, 3.05) is 5.32 Å². The second-order valence-corrected chi connectivity index (χ2v) is 7.00. The smallest absolute Gasteiger partial charge is 0.275 e. The van der Waals surface area contributed by atoms with Gasteiger partial charge in [0.2, 0.25) is 0 Å². The summed E-state index contributed by atoms with van der Waals surface area (Å²) in [6.45, 7) is 0. The fourth-order valence-corrected chi connectivity index (χ4v) is 3.54. The molecule has 0 bridgehead atoms. The van der Waals surface area contributed by atoms with Gasteiger partial charge in [-0.1, -0.05) is 60.7 Å². The minimum absolute atomic E-state index is 0.244. The van der Waals surface area contributed by atoms with Crippen LogP contribution in [0.25, 0.3) is 33.1 Å². The number of aromatic nitrogens is 2. The third kappa shape index (κ3) is 3.22. The first kappa shape index (κ1) is 17.8. The maximum atomic E-state index is 12.8. The predicted octanol–water partition coefficient (Wildman–Crippen LogP) is 5.00. The highest BCUT2D eigenvalue weighted by Gasteiger charge is 2.14. The molecule has 1 heterocycles. The Morgan fingerprint density at radius 3 is 2.27 bits per heavy atom. The van der Waals surface area contributed by atoms with Crippen molar-refractivity contribution in [2.24, 2.45) is 0 Å². The Hall–Kier alpha value is -4.25. The molecule has 0 aliphatic rings. The zero-order valence-electron chi connectivity index (χ0n) is 15.9. The van der Waals surface area contributed by atoms with Gasteiger partial charge in [0.1, 0.15) is 5.69 Å². The SMILES string of the molecule is O=C(Nc1ccccc1-c1nc2cc3ccccc3cc2[nH]c1=O)c1ccccc1. The number of hydrogen-bond acceptors (Lipinski definition) is 3. The third-order valence-electron chi connectivity index (χ3n) is 5.03. The second kappa shape index (κ2) is 7.29. The Kier molecular flexibility index (Phi) is 4.33. The molecule has 2 N–H and O–H groups in total. The van der Waals surface area contributed by atoms with Crippen LogP contribution in [-0.2, 0) is 0 Å². The van der Waals surface area contributed by atoms with Gasteiger partial charge in [-0.05, 0) is 41.1 Å². The van der Waals surface area contributed by atoms with Gasteiger partial charge in [0.15, 0.2) is 0 Å². The van der Waals surface area contributed by atoms with Crippen LogP contribution in [0.4, 0.5) is 5.69 Å². The Morgan fingerprint density at radius 1 is 0.800 bits per heavy atom. The molecule has 5 nitrogen and oxygen atoms in total. The van der Waals surface area contributed by atoms with Gasteiger partial charge in [-0.25, -0.2) is 4.98 Å². The lowest BCUT2D eigenvalue weighted by atomic mass is 10.1. The van der Waals surface area contributed by atoms with Crippen LogP contribution in [0.1, 0.15) is 10.4 Å². The number of nitrogens with one attached hydrogen (secondary N) is 2. The first-order valence-corrected chi connectivity index (χ1v) is 9.58. The van der Waals surface area contributed by atoms with Crippen molar-refractivity contribution in [1.29, 1.82) is 0 Å². The highest BCUT2D eigenvalue weighted by Crippen LogP contribution is 2.27. The van der Waals surface area contributed by atoms with E-state index in [0.29, 0.717) is 27.8 Å². The zero-order chi connectivity index (χ0) is 20.5. The number of aromatic amines is 1. The average molecular weight is 391 g/mol. The largest absolute Gasteiger partial charge is 0.321 e. The molecule has 144 valence electrons. The molecular weight excluding hydrogens is 374 g/mol. The highest BCUT2D eigenvalue weighted by atomic mass is 16.1. The molecule has 0 aliphatic carbocycles. The summed E-state index contributed by atoms with van der Waals surface area (Å²) in [5, 5.41) is 4.97. The summed E-state index contributed by atoms with van der Waals surface area (Å²) in [7, 11) is 0. The van der Waals surface area contributed by atoms with Crippen LogP contribution in [0.3, 0.4) is 0 Å². The van der Waals surface area contributed by atoms with Crippen molar-refractivity contribution in [3.63, 3.8) is 0 Å². The molecule has 0 saturated carbocycles. The molecule has 5 rings (SSSR count). The molecule has 1 aromatic heterocycles. The van der Waals surface area contributed by atoms with Crippen molar-refractivity contribution < 1.29 is 4.79 Å². The second-order valence-electron chi connectivity index (χ2n) is 7.00. The minimum atomic E-state index is -0.306. The van der Waals surface area contributed by atoms with E-state index in [1.807, 2.05) is 54.6 Å². The van der Waals surface area contributed by atoms with Crippen LogP contribution < -0.4 is 10.9 Å². The van der Waals surface area contributed by atoms with Crippen LogP contribution in [0.2, 0.25) is 0 Å². The quantitative estimate of drug-likeness (QED) is 0.425. The number of carbonyl (C=O) groups is 1. The summed E-state index contributed by atoms with van der Waals surface area (Å²) >= 11 is 0. The lowest BCUT2D eigenvalue weighted by molar-refractivity contribution is 0.102. The summed E-state index contributed by atoms with van der Waals surface area (Å²) in [6, 6.07) is 27.9. The van der Waals surface area contributed by atoms with Gasteiger partial charge >= 0.3 is 0 Å². The molecular formula is C25H17N3O2. The van der Waals surface area contributed by atoms with E-state index in [1.165, 1.54) is 0 Å². The van der Waals surface area contributed by atoms with Gasteiger partial charge in [0.25, 0.3) is 11.5 Å². The number of para-hydroxylation sites is 1. The Balaban J connectivity index is 1.62. The molecule has 0 aliphatic heterocycles. The number of anilines is 1. The van der Waals surface area contributed by atoms with E-state index in [0.717, 1.165) is 10.8 Å². The van der Waals surface area contributed by atoms with Crippen LogP contribution in [0.15, 0.2) is 95.8 Å². The standard InChI is InChI=1S/C25H17N3O2/c29-24(16-8-2-1-3-9-16)27-20-13-7-6-12-19(20)23-25(30)28-22-15-18-11-5-4-10-17(18)14-21(22)26-23/h1-15H,(H,27,29)(H,28,30). The molecule has 4 aromatic carbocycles. The van der Waals surface area contributed by atoms with Crippen molar-refractivity contribution in [3.05, 3.63) is 107 Å². The van der Waals surface area contributed by atoms with Gasteiger partial charge < -0.3 is 10.3 Å². The van der Waals surface area contributed by atoms with E-state index in [1.54, 1.807) is 36.4 Å². The molecule has 0 fully saturated rings. The van der Waals surface area contributed by atoms with Gasteiger partial charge in [-0.3, -0.25) is 9.59 Å². The number of amides is 1. The van der Waals surface area contributed by atoms with E-state index in [9.17, 15) is 9.59 Å². The fraction of sp³-hybridized carbons (Fsp3) is 0. The first-order chi connectivity index (χ1) is 14.7. The van der Waals surface area contributed by atoms with Gasteiger partial charge in [-0.2, -0.15) is 0 Å². The number of hydrogen-bond donors (Lipinski definition) is 2. The number of benzene rings is 4. The summed E-state index contributed by atoms with van der Waals surface area (Å²) in [5.74, 6) is -0.244. The molecule has 5 aromatic rings. The van der Waals surface area contributed by atoms with E-state index >= 15 is 0 Å². The summed E-state index contributed by atoms with van der Waals surface area (Å²) in [4.78, 5) is 33.0. The molecule has 0 spiro atoms. The lowest BCUT2D eigenvalue weighted by Gasteiger charge is -2.11. The van der Waals surface area contributed by atoms with Crippen molar-refractivity contribution in [2.45, 2.75) is 0 Å². The van der Waals surface area contributed by atoms with E-state index in [2.05, 4.69) is 15.3 Å². The third-order valence-corrected chi connectivity index (χ3v) is 5.03. The number of fused-ring (bicyclic) bond motifs is 2. The predicted molar refractivity (Wildman–Crippen MR) is 120 cm³/mol. The molecule has 0 saturated heterocycles. The molecule has 1 amide bonds. The maximum Gasteiger partial charge on any atom is 0.275 e. The Bertz CT molecular complexity index is 1460. The van der Waals surface area contributed by atoms with Gasteiger partial charge in [-0.15, -0.1) is 0 Å². The van der Waals surface area contributed by atoms with Crippen molar-refractivity contribution in [3.8, 4) is 11.3 Å². The molecule has 0 radical (unpaired) electrons. The van der Waals surface area contributed by atoms with Gasteiger partial charge in [0, 0.05) is 11.1 Å². The monoisotopic (exact) mass is 391 g/mol. The van der Waals surface area contributed by atoms with E-state index in [4.69, 9.17) is 0 Å². The zero-order valence-corrected chi connectivity index (χ0v) is 15.9. The van der Waals surface area contributed by atoms with E-state index in [-0.39, 0.29) is 17.2 Å². The first-order valence-electron chi connectivity index (χ1n) is 9.58. The number of nitrogens with zero attached hydrogens (tertiary/aromatic N) is 1. The highest BCUT2D eigenvalue weighted by molar-refractivity contribution is 6.06. The number of H-pyrrole nitrogens is 1. The summed E-state index contributed by atoms with van der Waals surface area (Å²) in [6.07, 6.45) is 0. The Labute approximate surface area is 172 Å². The normalized spacial score (nSPS) is 10.9.